The van der Waals surface area contributed by atoms with E-state index < -0.39 is 10.0 Å². The molecule has 1 aromatic heterocycles. The maximum Gasteiger partial charge on any atom is 0.241 e. The molecular formula is C14H25N5O3S. The average Bonchev–Trinajstić information content (AvgIpc) is 3.00. The molecule has 5 N–H and O–H groups in total. The highest BCUT2D eigenvalue weighted by Gasteiger charge is 2.23. The molecule has 1 heterocycles. The van der Waals surface area contributed by atoms with Crippen molar-refractivity contribution in [1.29, 1.82) is 0 Å². The number of carbonyl (C=O) groups is 1. The number of amides is 1. The molecular weight excluding hydrogens is 318 g/mol. The van der Waals surface area contributed by atoms with Crippen LogP contribution in [0.1, 0.15) is 38.5 Å². The molecule has 23 heavy (non-hydrogen) atoms. The Morgan fingerprint density at radius 1 is 1.39 bits per heavy atom. The average molecular weight is 343 g/mol. The molecule has 0 radical (unpaired) electrons. The van der Waals surface area contributed by atoms with Crippen LogP contribution in [0.25, 0.3) is 0 Å². The van der Waals surface area contributed by atoms with Crippen LogP contribution < -0.4 is 16.2 Å². The molecule has 8 nitrogen and oxygen atoms in total. The summed E-state index contributed by atoms with van der Waals surface area (Å²) in [6.07, 6.45) is 8.59. The van der Waals surface area contributed by atoms with Crippen LogP contribution in [-0.2, 0) is 21.4 Å². The van der Waals surface area contributed by atoms with Crippen LogP contribution >= 0.6 is 0 Å². The number of carbonyl (C=O) groups excluding carboxylic acids is 1. The lowest BCUT2D eigenvalue weighted by Gasteiger charge is -2.30. The van der Waals surface area contributed by atoms with E-state index >= 15 is 0 Å². The number of rotatable bonds is 7. The second-order valence-corrected chi connectivity index (χ2v) is 7.60. The fourth-order valence-corrected chi connectivity index (χ4v) is 3.48. The second kappa shape index (κ2) is 7.89. The zero-order valence-electron chi connectivity index (χ0n) is 13.1. The molecule has 1 aliphatic rings. The van der Waals surface area contributed by atoms with E-state index in [9.17, 15) is 13.2 Å². The Bertz CT molecular complexity index is 622. The van der Waals surface area contributed by atoms with Gasteiger partial charge in [-0.05, 0) is 18.8 Å². The number of primary sulfonamides is 1. The van der Waals surface area contributed by atoms with Gasteiger partial charge in [-0.15, -0.1) is 0 Å². The summed E-state index contributed by atoms with van der Waals surface area (Å²) in [7, 11) is -3.76. The Morgan fingerprint density at radius 3 is 2.65 bits per heavy atom. The van der Waals surface area contributed by atoms with Gasteiger partial charge in [0.05, 0.1) is 6.20 Å². The second-order valence-electron chi connectivity index (χ2n) is 6.04. The number of nitrogens with zero attached hydrogens (tertiary/aromatic N) is 2. The standard InChI is InChI=1S/C14H25N5O3S/c15-8-13(11-4-2-1-3-5-11)18-14(20)6-7-19-10-12(9-17-19)23(16,21)22/h9-11,13H,1-8,15H2,(H,18,20)(H2,16,21,22). The van der Waals surface area contributed by atoms with Crippen LogP contribution in [0.4, 0.5) is 0 Å². The molecule has 0 saturated heterocycles. The number of hydrogen-bond donors (Lipinski definition) is 3. The summed E-state index contributed by atoms with van der Waals surface area (Å²) >= 11 is 0. The summed E-state index contributed by atoms with van der Waals surface area (Å²) < 4.78 is 23.8. The highest BCUT2D eigenvalue weighted by Crippen LogP contribution is 2.26. The molecule has 9 heteroatoms. The lowest BCUT2D eigenvalue weighted by Crippen LogP contribution is -2.46. The van der Waals surface area contributed by atoms with Gasteiger partial charge in [0, 0.05) is 31.7 Å². The normalized spacial score (nSPS) is 17.8. The first-order chi connectivity index (χ1) is 10.9. The largest absolute Gasteiger partial charge is 0.352 e. The summed E-state index contributed by atoms with van der Waals surface area (Å²) in [6.45, 7) is 0.733. The van der Waals surface area contributed by atoms with Crippen molar-refractivity contribution in [2.24, 2.45) is 16.8 Å². The predicted molar refractivity (Wildman–Crippen MR) is 85.8 cm³/mol. The molecule has 2 rings (SSSR count). The van der Waals surface area contributed by atoms with Crippen molar-refractivity contribution in [3.8, 4) is 0 Å². The van der Waals surface area contributed by atoms with Crippen molar-refractivity contribution in [3.05, 3.63) is 12.4 Å². The van der Waals surface area contributed by atoms with Crippen molar-refractivity contribution in [2.45, 2.75) is 56.0 Å². The fraction of sp³-hybridized carbons (Fsp3) is 0.714. The molecule has 1 fully saturated rings. The van der Waals surface area contributed by atoms with Crippen LogP contribution in [0.2, 0.25) is 0 Å². The lowest BCUT2D eigenvalue weighted by molar-refractivity contribution is -0.122. The fourth-order valence-electron chi connectivity index (χ4n) is 3.01. The Morgan fingerprint density at radius 2 is 2.09 bits per heavy atom. The first-order valence-corrected chi connectivity index (χ1v) is 9.49. The van der Waals surface area contributed by atoms with Crippen LogP contribution in [0.5, 0.6) is 0 Å². The summed E-state index contributed by atoms with van der Waals surface area (Å²) in [5.74, 6) is 0.357. The molecule has 1 aliphatic carbocycles. The first kappa shape index (κ1) is 17.9. The Balaban J connectivity index is 1.83. The van der Waals surface area contributed by atoms with Gasteiger partial charge < -0.3 is 11.1 Å². The molecule has 130 valence electrons. The highest BCUT2D eigenvalue weighted by atomic mass is 32.2. The number of aromatic nitrogens is 2. The first-order valence-electron chi connectivity index (χ1n) is 7.95. The molecule has 1 aromatic rings. The van der Waals surface area contributed by atoms with Gasteiger partial charge in [-0.3, -0.25) is 9.48 Å². The van der Waals surface area contributed by atoms with E-state index in [-0.39, 0.29) is 23.3 Å². The number of aryl methyl sites for hydroxylation is 1. The zero-order chi connectivity index (χ0) is 16.9. The molecule has 1 atom stereocenters. The van der Waals surface area contributed by atoms with Gasteiger partial charge in [-0.1, -0.05) is 19.3 Å². The summed E-state index contributed by atoms with van der Waals surface area (Å²) in [5.41, 5.74) is 5.80. The molecule has 1 unspecified atom stereocenters. The minimum absolute atomic E-state index is 0.0143. The monoisotopic (exact) mass is 343 g/mol. The van der Waals surface area contributed by atoms with E-state index in [2.05, 4.69) is 10.4 Å². The minimum atomic E-state index is -3.76. The van der Waals surface area contributed by atoms with Gasteiger partial charge in [0.2, 0.25) is 15.9 Å². The Kier molecular flexibility index (Phi) is 6.14. The summed E-state index contributed by atoms with van der Waals surface area (Å²) in [4.78, 5) is 12.0. The van der Waals surface area contributed by atoms with E-state index in [1.807, 2.05) is 0 Å². The van der Waals surface area contributed by atoms with Gasteiger partial charge in [0.1, 0.15) is 4.90 Å². The zero-order valence-corrected chi connectivity index (χ0v) is 14.0. The number of sulfonamides is 1. The third-order valence-corrected chi connectivity index (χ3v) is 5.19. The van der Waals surface area contributed by atoms with Gasteiger partial charge in [-0.25, -0.2) is 13.6 Å². The predicted octanol–water partition coefficient (Wildman–Crippen LogP) is -0.0556. The lowest BCUT2D eigenvalue weighted by atomic mass is 9.84. The molecule has 1 saturated carbocycles. The number of hydrogen-bond acceptors (Lipinski definition) is 5. The molecule has 1 amide bonds. The van der Waals surface area contributed by atoms with E-state index in [0.717, 1.165) is 12.8 Å². The van der Waals surface area contributed by atoms with Crippen LogP contribution in [-0.4, -0.2) is 36.7 Å². The minimum Gasteiger partial charge on any atom is -0.352 e. The Hall–Kier alpha value is -1.45. The van der Waals surface area contributed by atoms with Crippen LogP contribution in [0.15, 0.2) is 17.3 Å². The van der Waals surface area contributed by atoms with Crippen molar-refractivity contribution in [1.82, 2.24) is 15.1 Å². The van der Waals surface area contributed by atoms with Crippen molar-refractivity contribution in [2.75, 3.05) is 6.54 Å². The van der Waals surface area contributed by atoms with Crippen molar-refractivity contribution < 1.29 is 13.2 Å². The van der Waals surface area contributed by atoms with Gasteiger partial charge >= 0.3 is 0 Å². The van der Waals surface area contributed by atoms with Crippen molar-refractivity contribution >= 4 is 15.9 Å². The highest BCUT2D eigenvalue weighted by molar-refractivity contribution is 7.89. The SMILES string of the molecule is NCC(NC(=O)CCn1cc(S(N)(=O)=O)cn1)C1CCCCC1. The number of nitrogens with one attached hydrogen (secondary N) is 1. The van der Waals surface area contributed by atoms with Crippen LogP contribution in [0.3, 0.4) is 0 Å². The third-order valence-electron chi connectivity index (χ3n) is 4.33. The topological polar surface area (TPSA) is 133 Å². The van der Waals surface area contributed by atoms with Gasteiger partial charge in [0.25, 0.3) is 0 Å². The third kappa shape index (κ3) is 5.29. The van der Waals surface area contributed by atoms with E-state index in [1.54, 1.807) is 0 Å². The maximum atomic E-state index is 12.1. The van der Waals surface area contributed by atoms with E-state index in [4.69, 9.17) is 10.9 Å². The van der Waals surface area contributed by atoms with E-state index in [0.29, 0.717) is 19.0 Å². The van der Waals surface area contributed by atoms with E-state index in [1.165, 1.54) is 36.3 Å². The molecule has 0 bridgehead atoms. The Labute approximate surface area is 136 Å². The summed E-state index contributed by atoms with van der Waals surface area (Å²) in [5, 5.41) is 11.9. The molecule has 0 spiro atoms. The molecule has 0 aliphatic heterocycles. The molecule has 0 aromatic carbocycles. The summed E-state index contributed by atoms with van der Waals surface area (Å²) in [6, 6.07) is 0.0143. The maximum absolute atomic E-state index is 12.1. The number of nitrogens with two attached hydrogens (primary N) is 2. The van der Waals surface area contributed by atoms with Gasteiger partial charge in [-0.2, -0.15) is 5.10 Å². The van der Waals surface area contributed by atoms with Crippen LogP contribution in [0, 0.1) is 5.92 Å². The smallest absolute Gasteiger partial charge is 0.241 e. The quantitative estimate of drug-likeness (QED) is 0.638. The van der Waals surface area contributed by atoms with Gasteiger partial charge in [0.15, 0.2) is 0 Å². The van der Waals surface area contributed by atoms with Crippen molar-refractivity contribution in [3.63, 3.8) is 0 Å².